The molecule has 0 spiro atoms. The molecule has 0 bridgehead atoms. The molecule has 2 heterocycles. The summed E-state index contributed by atoms with van der Waals surface area (Å²) >= 11 is 0. The number of unbranched alkanes of at least 4 members (excludes halogenated alkanes) is 2. The van der Waals surface area contributed by atoms with Gasteiger partial charge in [0, 0.05) is 44.5 Å². The smallest absolute Gasteiger partial charge is 0.256 e. The Morgan fingerprint density at radius 3 is 2.46 bits per heavy atom. The Balaban J connectivity index is 0.00000462. The van der Waals surface area contributed by atoms with Crippen LogP contribution in [0.15, 0.2) is 30.3 Å². The van der Waals surface area contributed by atoms with Crippen LogP contribution in [0.4, 0.5) is 18.9 Å². The summed E-state index contributed by atoms with van der Waals surface area (Å²) in [4.78, 5) is 41.9. The van der Waals surface area contributed by atoms with Gasteiger partial charge in [-0.25, -0.2) is 18.2 Å². The first kappa shape index (κ1) is 31.9. The Labute approximate surface area is 240 Å². The van der Waals surface area contributed by atoms with Crippen molar-refractivity contribution in [3.05, 3.63) is 64.0 Å². The molecule has 2 aliphatic rings. The highest BCUT2D eigenvalue weighted by molar-refractivity contribution is 6.00. The van der Waals surface area contributed by atoms with E-state index in [1.54, 1.807) is 35.2 Å². The van der Waals surface area contributed by atoms with Crippen LogP contribution >= 0.6 is 0 Å². The molecule has 0 saturated heterocycles. The molecular weight excluding hydrogens is 535 g/mol. The van der Waals surface area contributed by atoms with Crippen molar-refractivity contribution < 1.29 is 27.6 Å². The van der Waals surface area contributed by atoms with E-state index < -0.39 is 18.9 Å². The molecule has 2 aliphatic heterocycles. The summed E-state index contributed by atoms with van der Waals surface area (Å²) in [5.41, 5.74) is 3.93. The van der Waals surface area contributed by atoms with Gasteiger partial charge in [-0.15, -0.1) is 0 Å². The van der Waals surface area contributed by atoms with E-state index in [-0.39, 0.29) is 44.7 Å². The van der Waals surface area contributed by atoms with Gasteiger partial charge in [0.05, 0.1) is 19.6 Å². The third-order valence-corrected chi connectivity index (χ3v) is 7.42. The number of carbonyl (C=O) groups excluding carboxylic acids is 3. The van der Waals surface area contributed by atoms with E-state index >= 15 is 0 Å². The number of fused-ring (bicyclic) bond motifs is 2. The monoisotopic (exact) mass is 575 g/mol. The van der Waals surface area contributed by atoms with Crippen LogP contribution in [0, 0.1) is 12.7 Å². The average molecular weight is 576 g/mol. The van der Waals surface area contributed by atoms with E-state index in [4.69, 9.17) is 0 Å². The number of rotatable bonds is 12. The largest absolute Gasteiger partial charge is 0.355 e. The fraction of sp³-hybridized carbons (Fsp3) is 0.500. The van der Waals surface area contributed by atoms with E-state index in [0.29, 0.717) is 36.4 Å². The molecule has 41 heavy (non-hydrogen) atoms. The molecule has 8 nitrogen and oxygen atoms in total. The SMILES string of the molecule is C.CCCCCNC(=O)CN(CC(=O)N(C)N1Cc2ccc(F)cc2C1)c1cc2c(cc1C)CN(CC(F)F)C2=O. The fourth-order valence-electron chi connectivity index (χ4n) is 5.23. The zero-order valence-electron chi connectivity index (χ0n) is 23.2. The standard InChI is InChI=1S/C29H36F3N5O3.CH4/c1-4-5-6-9-33-27(38)17-35(18-28(39)34(3)37-14-20-7-8-23(30)11-21(20)15-37)25-12-24-22(10-19(25)2)13-36(29(24)40)16-26(31)32;/h7-8,10-12,26H,4-6,9,13-18H2,1-3H3,(H,33,38);1H4. The van der Waals surface area contributed by atoms with Crippen molar-refractivity contribution >= 4 is 23.4 Å². The number of carbonyl (C=O) groups is 3. The lowest BCUT2D eigenvalue weighted by Crippen LogP contribution is -2.48. The summed E-state index contributed by atoms with van der Waals surface area (Å²) in [6.07, 6.45) is 0.192. The Bertz CT molecular complexity index is 1270. The van der Waals surface area contributed by atoms with E-state index in [2.05, 4.69) is 12.2 Å². The number of amides is 3. The molecule has 2 aromatic carbocycles. The van der Waals surface area contributed by atoms with Crippen LogP contribution in [-0.2, 0) is 29.2 Å². The van der Waals surface area contributed by atoms with Gasteiger partial charge >= 0.3 is 0 Å². The van der Waals surface area contributed by atoms with Crippen molar-refractivity contribution in [1.82, 2.24) is 20.2 Å². The molecule has 0 aliphatic carbocycles. The fourth-order valence-corrected chi connectivity index (χ4v) is 5.23. The first-order valence-corrected chi connectivity index (χ1v) is 13.6. The van der Waals surface area contributed by atoms with Crippen molar-refractivity contribution in [3.8, 4) is 0 Å². The summed E-state index contributed by atoms with van der Waals surface area (Å²) in [7, 11) is 1.63. The summed E-state index contributed by atoms with van der Waals surface area (Å²) in [5, 5.41) is 6.17. The number of hydrogen-bond acceptors (Lipinski definition) is 5. The van der Waals surface area contributed by atoms with Crippen molar-refractivity contribution in [3.63, 3.8) is 0 Å². The Morgan fingerprint density at radius 2 is 1.76 bits per heavy atom. The van der Waals surface area contributed by atoms with Gasteiger partial charge in [-0.1, -0.05) is 39.3 Å². The maximum atomic E-state index is 13.7. The van der Waals surface area contributed by atoms with Crippen LogP contribution in [-0.4, -0.2) is 72.3 Å². The van der Waals surface area contributed by atoms with Crippen molar-refractivity contribution in [1.29, 1.82) is 0 Å². The van der Waals surface area contributed by atoms with Crippen LogP contribution in [0.1, 0.15) is 66.2 Å². The number of benzene rings is 2. The summed E-state index contributed by atoms with van der Waals surface area (Å²) < 4.78 is 39.7. The van der Waals surface area contributed by atoms with Gasteiger partial charge in [-0.3, -0.25) is 19.4 Å². The molecule has 4 rings (SSSR count). The van der Waals surface area contributed by atoms with E-state index in [9.17, 15) is 27.6 Å². The molecule has 0 aromatic heterocycles. The van der Waals surface area contributed by atoms with Crippen LogP contribution in [0.3, 0.4) is 0 Å². The maximum absolute atomic E-state index is 13.7. The van der Waals surface area contributed by atoms with Crippen molar-refractivity contribution in [2.45, 2.75) is 66.6 Å². The van der Waals surface area contributed by atoms with Gasteiger partial charge in [0.2, 0.25) is 5.91 Å². The molecule has 0 fully saturated rings. The topological polar surface area (TPSA) is 76.2 Å². The number of likely N-dealkylation sites (N-methyl/N-ethyl adjacent to an activating group) is 1. The van der Waals surface area contributed by atoms with Gasteiger partial charge in [0.15, 0.2) is 0 Å². The lowest BCUT2D eigenvalue weighted by molar-refractivity contribution is -0.145. The van der Waals surface area contributed by atoms with Gasteiger partial charge < -0.3 is 15.1 Å². The highest BCUT2D eigenvalue weighted by Gasteiger charge is 2.32. The summed E-state index contributed by atoms with van der Waals surface area (Å²) in [6, 6.07) is 7.93. The maximum Gasteiger partial charge on any atom is 0.256 e. The van der Waals surface area contributed by atoms with E-state index in [1.165, 1.54) is 17.1 Å². The van der Waals surface area contributed by atoms with Gasteiger partial charge in [-0.05, 0) is 53.8 Å². The Morgan fingerprint density at radius 1 is 1.02 bits per heavy atom. The number of anilines is 1. The number of nitrogens with zero attached hydrogens (tertiary/aromatic N) is 4. The molecule has 0 unspecified atom stereocenters. The van der Waals surface area contributed by atoms with Crippen LogP contribution in [0.5, 0.6) is 0 Å². The third kappa shape index (κ3) is 7.58. The third-order valence-electron chi connectivity index (χ3n) is 7.42. The van der Waals surface area contributed by atoms with Crippen LogP contribution < -0.4 is 10.2 Å². The number of nitrogens with one attached hydrogen (secondary N) is 1. The number of halogens is 3. The summed E-state index contributed by atoms with van der Waals surface area (Å²) in [6.45, 7) is 4.37. The second-order valence-corrected chi connectivity index (χ2v) is 10.4. The van der Waals surface area contributed by atoms with Crippen molar-refractivity contribution in [2.75, 3.05) is 38.1 Å². The Hall–Kier alpha value is -3.60. The highest BCUT2D eigenvalue weighted by atomic mass is 19.3. The minimum Gasteiger partial charge on any atom is -0.355 e. The minimum absolute atomic E-state index is 0. The highest BCUT2D eigenvalue weighted by Crippen LogP contribution is 2.31. The van der Waals surface area contributed by atoms with E-state index in [1.807, 2.05) is 6.92 Å². The number of alkyl halides is 2. The Kier molecular flexibility index (Phi) is 10.8. The first-order chi connectivity index (χ1) is 19.1. The minimum atomic E-state index is -2.65. The number of aryl methyl sites for hydroxylation is 1. The van der Waals surface area contributed by atoms with Gasteiger partial charge in [-0.2, -0.15) is 0 Å². The zero-order valence-corrected chi connectivity index (χ0v) is 23.2. The predicted octanol–water partition coefficient (Wildman–Crippen LogP) is 4.49. The normalized spacial score (nSPS) is 14.1. The lowest BCUT2D eigenvalue weighted by Gasteiger charge is -2.32. The molecule has 3 amide bonds. The molecule has 2 aromatic rings. The number of hydrazine groups is 1. The van der Waals surface area contributed by atoms with Crippen LogP contribution in [0.2, 0.25) is 0 Å². The second kappa shape index (κ2) is 13.8. The molecule has 11 heteroatoms. The molecular formula is C30H40F3N5O3. The van der Waals surface area contributed by atoms with Crippen molar-refractivity contribution in [2.24, 2.45) is 0 Å². The molecule has 0 radical (unpaired) electrons. The second-order valence-electron chi connectivity index (χ2n) is 10.4. The summed E-state index contributed by atoms with van der Waals surface area (Å²) in [5.74, 6) is -1.38. The average Bonchev–Trinajstić information content (AvgIpc) is 3.45. The van der Waals surface area contributed by atoms with Crippen LogP contribution in [0.25, 0.3) is 0 Å². The zero-order chi connectivity index (χ0) is 29.0. The molecule has 224 valence electrons. The number of hydrogen-bond donors (Lipinski definition) is 1. The predicted molar refractivity (Wildman–Crippen MR) is 152 cm³/mol. The van der Waals surface area contributed by atoms with E-state index in [0.717, 1.165) is 40.9 Å². The molecule has 1 N–H and O–H groups in total. The van der Waals surface area contributed by atoms with Gasteiger partial charge in [0.25, 0.3) is 18.2 Å². The molecule has 0 atom stereocenters. The first-order valence-electron chi connectivity index (χ1n) is 13.6. The molecule has 0 saturated carbocycles. The lowest BCUT2D eigenvalue weighted by atomic mass is 10.0. The van der Waals surface area contributed by atoms with Gasteiger partial charge in [0.1, 0.15) is 5.82 Å². The quantitative estimate of drug-likeness (QED) is 0.378.